The summed E-state index contributed by atoms with van der Waals surface area (Å²) in [5.74, 6) is -1.07. The van der Waals surface area contributed by atoms with Crippen molar-refractivity contribution in [1.82, 2.24) is 0 Å². The van der Waals surface area contributed by atoms with E-state index >= 15 is 0 Å². The molecule has 0 atom stereocenters. The van der Waals surface area contributed by atoms with Crippen molar-refractivity contribution in [3.8, 4) is 0 Å². The zero-order valence-electron chi connectivity index (χ0n) is 12.3. The van der Waals surface area contributed by atoms with Crippen LogP contribution in [0.25, 0.3) is 0 Å². The Balaban J connectivity index is 3.69. The van der Waals surface area contributed by atoms with Gasteiger partial charge in [-0.3, -0.25) is 4.79 Å². The van der Waals surface area contributed by atoms with Crippen molar-refractivity contribution in [2.75, 3.05) is 0 Å². The monoisotopic (exact) mass is 312 g/mol. The molecule has 1 aromatic rings. The van der Waals surface area contributed by atoms with Gasteiger partial charge in [-0.25, -0.2) is 13.6 Å². The van der Waals surface area contributed by atoms with Crippen molar-refractivity contribution >= 4 is 21.9 Å². The van der Waals surface area contributed by atoms with Gasteiger partial charge in [0.05, 0.1) is 4.90 Å². The van der Waals surface area contributed by atoms with Crippen LogP contribution < -0.4 is 16.6 Å². The summed E-state index contributed by atoms with van der Waals surface area (Å²) < 4.78 is 23.3. The van der Waals surface area contributed by atoms with Crippen molar-refractivity contribution in [3.63, 3.8) is 0 Å². The SMILES string of the molecule is CCc1cc(C(C)C)c(C(=O)N=C(N)N)cc1S(N)(=O)=O. The lowest BCUT2D eigenvalue weighted by atomic mass is 9.94. The molecule has 0 radical (unpaired) electrons. The lowest BCUT2D eigenvalue weighted by Gasteiger charge is -2.15. The zero-order chi connectivity index (χ0) is 16.4. The number of rotatable bonds is 4. The molecule has 0 saturated carbocycles. The second kappa shape index (κ2) is 6.23. The first-order valence-corrected chi connectivity index (χ1v) is 7.96. The van der Waals surface area contributed by atoms with Crippen molar-refractivity contribution < 1.29 is 13.2 Å². The Hall–Kier alpha value is -1.93. The van der Waals surface area contributed by atoms with E-state index in [4.69, 9.17) is 16.6 Å². The normalized spacial score (nSPS) is 11.5. The maximum Gasteiger partial charge on any atom is 0.280 e. The molecule has 0 saturated heterocycles. The van der Waals surface area contributed by atoms with Crippen LogP contribution in [0.2, 0.25) is 0 Å². The number of hydrogen-bond donors (Lipinski definition) is 3. The molecule has 0 bridgehead atoms. The molecule has 0 aliphatic rings. The Bertz CT molecular complexity index is 690. The number of aliphatic imine (C=N–C) groups is 1. The van der Waals surface area contributed by atoms with Crippen molar-refractivity contribution in [2.45, 2.75) is 38.0 Å². The Kier molecular flexibility index (Phi) is 5.08. The molecule has 0 spiro atoms. The number of benzene rings is 1. The fraction of sp³-hybridized carbons (Fsp3) is 0.385. The molecule has 1 aromatic carbocycles. The average molecular weight is 312 g/mol. The van der Waals surface area contributed by atoms with Crippen LogP contribution in [-0.4, -0.2) is 20.3 Å². The Morgan fingerprint density at radius 3 is 2.24 bits per heavy atom. The van der Waals surface area contributed by atoms with E-state index in [1.807, 2.05) is 20.8 Å². The van der Waals surface area contributed by atoms with Crippen LogP contribution in [-0.2, 0) is 16.4 Å². The van der Waals surface area contributed by atoms with E-state index < -0.39 is 15.9 Å². The molecule has 0 heterocycles. The number of aryl methyl sites for hydroxylation is 1. The van der Waals surface area contributed by atoms with Gasteiger partial charge in [-0.05, 0) is 29.5 Å². The molecule has 116 valence electrons. The van der Waals surface area contributed by atoms with Crippen LogP contribution in [0.1, 0.15) is 48.2 Å². The number of nitrogens with zero attached hydrogens (tertiary/aromatic N) is 1. The third-order valence-corrected chi connectivity index (χ3v) is 4.00. The quantitative estimate of drug-likeness (QED) is 0.546. The fourth-order valence-corrected chi connectivity index (χ4v) is 2.88. The number of carbonyl (C=O) groups is 1. The topological polar surface area (TPSA) is 142 Å². The van der Waals surface area contributed by atoms with Gasteiger partial charge in [0.15, 0.2) is 5.96 Å². The minimum atomic E-state index is -3.94. The predicted octanol–water partition coefficient (Wildman–Crippen LogP) is 0.433. The third-order valence-electron chi connectivity index (χ3n) is 3.00. The molecule has 8 heteroatoms. The van der Waals surface area contributed by atoms with Gasteiger partial charge in [0.25, 0.3) is 5.91 Å². The third kappa shape index (κ3) is 4.02. The highest BCUT2D eigenvalue weighted by molar-refractivity contribution is 7.89. The summed E-state index contributed by atoms with van der Waals surface area (Å²) in [7, 11) is -3.94. The Morgan fingerprint density at radius 2 is 1.86 bits per heavy atom. The molecule has 1 rings (SSSR count). The molecule has 21 heavy (non-hydrogen) atoms. The molecule has 0 fully saturated rings. The number of guanidine groups is 1. The van der Waals surface area contributed by atoms with Gasteiger partial charge in [-0.1, -0.05) is 26.8 Å². The van der Waals surface area contributed by atoms with Gasteiger partial charge >= 0.3 is 0 Å². The van der Waals surface area contributed by atoms with E-state index in [1.165, 1.54) is 6.07 Å². The molecule has 0 aliphatic carbocycles. The van der Waals surface area contributed by atoms with Crippen LogP contribution in [0, 0.1) is 0 Å². The minimum Gasteiger partial charge on any atom is -0.370 e. The second-order valence-electron chi connectivity index (χ2n) is 4.94. The molecular formula is C13H20N4O3S. The van der Waals surface area contributed by atoms with E-state index in [1.54, 1.807) is 6.07 Å². The number of nitrogens with two attached hydrogens (primary N) is 3. The molecule has 7 nitrogen and oxygen atoms in total. The van der Waals surface area contributed by atoms with Gasteiger partial charge in [0.2, 0.25) is 10.0 Å². The second-order valence-corrected chi connectivity index (χ2v) is 6.47. The lowest BCUT2D eigenvalue weighted by molar-refractivity contribution is 0.100. The van der Waals surface area contributed by atoms with Gasteiger partial charge in [0, 0.05) is 5.56 Å². The largest absolute Gasteiger partial charge is 0.370 e. The highest BCUT2D eigenvalue weighted by Crippen LogP contribution is 2.27. The van der Waals surface area contributed by atoms with Crippen LogP contribution in [0.15, 0.2) is 22.0 Å². The summed E-state index contributed by atoms with van der Waals surface area (Å²) in [6, 6.07) is 2.91. The molecule has 1 amide bonds. The fourth-order valence-electron chi connectivity index (χ4n) is 2.03. The molecule has 0 aromatic heterocycles. The molecule has 0 unspecified atom stereocenters. The van der Waals surface area contributed by atoms with E-state index in [0.29, 0.717) is 17.5 Å². The first-order chi connectivity index (χ1) is 9.57. The average Bonchev–Trinajstić information content (AvgIpc) is 2.34. The summed E-state index contributed by atoms with van der Waals surface area (Å²) >= 11 is 0. The first-order valence-electron chi connectivity index (χ1n) is 6.41. The standard InChI is InChI=1S/C13H20N4O3S/c1-4-8-5-9(7(2)3)10(12(18)17-13(14)15)6-11(8)21(16,19)20/h5-7H,4H2,1-3H3,(H2,16,19,20)(H4,14,15,17,18). The van der Waals surface area contributed by atoms with Crippen LogP contribution in [0.3, 0.4) is 0 Å². The van der Waals surface area contributed by atoms with E-state index in [2.05, 4.69) is 4.99 Å². The van der Waals surface area contributed by atoms with Crippen LogP contribution in [0.5, 0.6) is 0 Å². The lowest BCUT2D eigenvalue weighted by Crippen LogP contribution is -2.25. The number of amides is 1. The van der Waals surface area contributed by atoms with E-state index in [9.17, 15) is 13.2 Å². The van der Waals surface area contributed by atoms with E-state index in [0.717, 1.165) is 0 Å². The highest BCUT2D eigenvalue weighted by Gasteiger charge is 2.21. The van der Waals surface area contributed by atoms with E-state index in [-0.39, 0.29) is 22.3 Å². The first kappa shape index (κ1) is 17.1. The van der Waals surface area contributed by atoms with Crippen molar-refractivity contribution in [3.05, 3.63) is 28.8 Å². The maximum absolute atomic E-state index is 12.1. The number of primary sulfonamides is 1. The molecule has 0 aliphatic heterocycles. The Labute approximate surface area is 124 Å². The van der Waals surface area contributed by atoms with Gasteiger partial charge in [-0.15, -0.1) is 0 Å². The highest BCUT2D eigenvalue weighted by atomic mass is 32.2. The van der Waals surface area contributed by atoms with Crippen molar-refractivity contribution in [2.24, 2.45) is 21.6 Å². The smallest absolute Gasteiger partial charge is 0.280 e. The molecular weight excluding hydrogens is 292 g/mol. The summed E-state index contributed by atoms with van der Waals surface area (Å²) in [6.45, 7) is 5.58. The number of sulfonamides is 1. The summed E-state index contributed by atoms with van der Waals surface area (Å²) in [5, 5.41) is 5.21. The van der Waals surface area contributed by atoms with Crippen LogP contribution >= 0.6 is 0 Å². The van der Waals surface area contributed by atoms with Gasteiger partial charge in [-0.2, -0.15) is 4.99 Å². The number of carbonyl (C=O) groups excluding carboxylic acids is 1. The maximum atomic E-state index is 12.1. The number of hydrogen-bond acceptors (Lipinski definition) is 3. The van der Waals surface area contributed by atoms with Crippen LogP contribution in [0.4, 0.5) is 0 Å². The minimum absolute atomic E-state index is 0.00187. The van der Waals surface area contributed by atoms with Crippen molar-refractivity contribution in [1.29, 1.82) is 0 Å². The van der Waals surface area contributed by atoms with Gasteiger partial charge in [0.1, 0.15) is 0 Å². The predicted molar refractivity (Wildman–Crippen MR) is 81.4 cm³/mol. The summed E-state index contributed by atoms with van der Waals surface area (Å²) in [4.78, 5) is 15.5. The van der Waals surface area contributed by atoms with Gasteiger partial charge < -0.3 is 11.5 Å². The summed E-state index contributed by atoms with van der Waals surface area (Å²) in [5.41, 5.74) is 11.8. The molecule has 6 N–H and O–H groups in total. The zero-order valence-corrected chi connectivity index (χ0v) is 13.1. The summed E-state index contributed by atoms with van der Waals surface area (Å²) in [6.07, 6.45) is 0.474. The Morgan fingerprint density at radius 1 is 1.29 bits per heavy atom.